The second-order valence-corrected chi connectivity index (χ2v) is 6.29. The minimum atomic E-state index is -0.540. The highest BCUT2D eigenvalue weighted by molar-refractivity contribution is 7.17. The molecule has 0 fully saturated rings. The standard InChI is InChI=1S/C16H11N3O3S/c1-8-5-13(21)19(15(22)10(8)6-17)16-11(7-18)9-3-2-4-12(20)14(9)23-16/h5,22H,2-4H2,1H3. The van der Waals surface area contributed by atoms with Crippen molar-refractivity contribution in [2.75, 3.05) is 0 Å². The fraction of sp³-hybridized carbons (Fsp3) is 0.250. The van der Waals surface area contributed by atoms with Crippen LogP contribution < -0.4 is 5.56 Å². The van der Waals surface area contributed by atoms with E-state index in [1.165, 1.54) is 6.07 Å². The van der Waals surface area contributed by atoms with Crippen molar-refractivity contribution in [2.24, 2.45) is 0 Å². The highest BCUT2D eigenvalue weighted by atomic mass is 32.1. The zero-order valence-corrected chi connectivity index (χ0v) is 13.0. The molecule has 1 N–H and O–H groups in total. The average molecular weight is 325 g/mol. The van der Waals surface area contributed by atoms with E-state index in [4.69, 9.17) is 5.26 Å². The summed E-state index contributed by atoms with van der Waals surface area (Å²) in [7, 11) is 0. The number of thiophene rings is 1. The molecule has 0 aromatic carbocycles. The Morgan fingerprint density at radius 2 is 1.91 bits per heavy atom. The fourth-order valence-corrected chi connectivity index (χ4v) is 4.05. The van der Waals surface area contributed by atoms with Crippen LogP contribution in [0.5, 0.6) is 5.88 Å². The summed E-state index contributed by atoms with van der Waals surface area (Å²) < 4.78 is 0.945. The number of fused-ring (bicyclic) bond motifs is 1. The lowest BCUT2D eigenvalue weighted by Crippen LogP contribution is -2.19. The van der Waals surface area contributed by atoms with Crippen LogP contribution in [0.3, 0.4) is 0 Å². The molecule has 0 saturated heterocycles. The Labute approximate surface area is 135 Å². The number of aromatic nitrogens is 1. The van der Waals surface area contributed by atoms with E-state index in [0.717, 1.165) is 15.9 Å². The van der Waals surface area contributed by atoms with Gasteiger partial charge in [-0.15, -0.1) is 11.3 Å². The average Bonchev–Trinajstić information content (AvgIpc) is 2.87. The van der Waals surface area contributed by atoms with Crippen LogP contribution in [0.4, 0.5) is 0 Å². The monoisotopic (exact) mass is 325 g/mol. The predicted molar refractivity (Wildman–Crippen MR) is 83.0 cm³/mol. The molecule has 0 unspecified atom stereocenters. The minimum absolute atomic E-state index is 0.0220. The number of nitriles is 2. The van der Waals surface area contributed by atoms with Crippen LogP contribution in [0.1, 0.15) is 44.8 Å². The van der Waals surface area contributed by atoms with Crippen LogP contribution >= 0.6 is 11.3 Å². The number of hydrogen-bond donors (Lipinski definition) is 1. The summed E-state index contributed by atoms with van der Waals surface area (Å²) in [6.45, 7) is 1.55. The van der Waals surface area contributed by atoms with Crippen LogP contribution in [0, 0.1) is 29.6 Å². The van der Waals surface area contributed by atoms with Crippen molar-refractivity contribution in [1.82, 2.24) is 4.57 Å². The van der Waals surface area contributed by atoms with Crippen LogP contribution in [-0.2, 0) is 6.42 Å². The number of rotatable bonds is 1. The smallest absolute Gasteiger partial charge is 0.258 e. The normalized spacial score (nSPS) is 13.3. The van der Waals surface area contributed by atoms with Gasteiger partial charge in [0.1, 0.15) is 22.7 Å². The lowest BCUT2D eigenvalue weighted by Gasteiger charge is -2.10. The summed E-state index contributed by atoms with van der Waals surface area (Å²) in [5.74, 6) is -0.556. The van der Waals surface area contributed by atoms with Gasteiger partial charge in [-0.2, -0.15) is 10.5 Å². The molecule has 1 aliphatic carbocycles. The molecule has 2 aromatic rings. The van der Waals surface area contributed by atoms with Gasteiger partial charge in [0, 0.05) is 12.5 Å². The third-order valence-corrected chi connectivity index (χ3v) is 5.15. The molecule has 23 heavy (non-hydrogen) atoms. The first-order valence-corrected chi connectivity index (χ1v) is 7.76. The van der Waals surface area contributed by atoms with Gasteiger partial charge < -0.3 is 5.11 Å². The molecule has 0 bridgehead atoms. The highest BCUT2D eigenvalue weighted by Gasteiger charge is 2.28. The summed E-state index contributed by atoms with van der Waals surface area (Å²) in [4.78, 5) is 24.8. The number of carbonyl (C=O) groups is 1. The van der Waals surface area contributed by atoms with Crippen LogP contribution in [0.25, 0.3) is 5.00 Å². The van der Waals surface area contributed by atoms with Gasteiger partial charge in [-0.05, 0) is 30.9 Å². The molecule has 2 heterocycles. The second kappa shape index (κ2) is 5.38. The maximum absolute atomic E-state index is 12.3. The summed E-state index contributed by atoms with van der Waals surface area (Å²) >= 11 is 1.02. The lowest BCUT2D eigenvalue weighted by atomic mass is 9.95. The van der Waals surface area contributed by atoms with Crippen molar-refractivity contribution in [3.05, 3.63) is 43.6 Å². The molecule has 0 saturated carbocycles. The number of aromatic hydroxyl groups is 1. The maximum Gasteiger partial charge on any atom is 0.258 e. The first kappa shape index (κ1) is 15.0. The van der Waals surface area contributed by atoms with Gasteiger partial charge in [0.15, 0.2) is 5.78 Å². The van der Waals surface area contributed by atoms with Gasteiger partial charge >= 0.3 is 0 Å². The summed E-state index contributed by atoms with van der Waals surface area (Å²) in [6, 6.07) is 5.12. The van der Waals surface area contributed by atoms with E-state index in [1.807, 2.05) is 12.1 Å². The Balaban J connectivity index is 2.38. The second-order valence-electron chi connectivity index (χ2n) is 5.29. The van der Waals surface area contributed by atoms with E-state index >= 15 is 0 Å². The Morgan fingerprint density at radius 3 is 2.57 bits per heavy atom. The van der Waals surface area contributed by atoms with Crippen LogP contribution in [0.15, 0.2) is 10.9 Å². The lowest BCUT2D eigenvalue weighted by molar-refractivity contribution is 0.0977. The summed E-state index contributed by atoms with van der Waals surface area (Å²) in [5, 5.41) is 29.1. The third-order valence-electron chi connectivity index (χ3n) is 3.89. The van der Waals surface area contributed by atoms with E-state index < -0.39 is 11.4 Å². The van der Waals surface area contributed by atoms with Crippen molar-refractivity contribution in [2.45, 2.75) is 26.2 Å². The summed E-state index contributed by atoms with van der Waals surface area (Å²) in [5.41, 5.74) is 0.659. The van der Waals surface area contributed by atoms with E-state index in [-0.39, 0.29) is 21.9 Å². The molecule has 2 aromatic heterocycles. The predicted octanol–water partition coefficient (Wildman–Crippen LogP) is 2.18. The van der Waals surface area contributed by atoms with Gasteiger partial charge in [-0.3, -0.25) is 9.59 Å². The van der Waals surface area contributed by atoms with Crippen LogP contribution in [-0.4, -0.2) is 15.5 Å². The number of pyridine rings is 1. The molecule has 0 amide bonds. The van der Waals surface area contributed by atoms with E-state index in [0.29, 0.717) is 35.3 Å². The van der Waals surface area contributed by atoms with Gasteiger partial charge in [0.05, 0.1) is 10.4 Å². The highest BCUT2D eigenvalue weighted by Crippen LogP contribution is 2.37. The molecule has 0 radical (unpaired) electrons. The van der Waals surface area contributed by atoms with Gasteiger partial charge in [-0.1, -0.05) is 0 Å². The summed E-state index contributed by atoms with van der Waals surface area (Å²) in [6.07, 6.45) is 1.66. The molecular weight excluding hydrogens is 314 g/mol. The first-order valence-electron chi connectivity index (χ1n) is 6.94. The first-order chi connectivity index (χ1) is 11.0. The van der Waals surface area contributed by atoms with E-state index in [9.17, 15) is 20.0 Å². The number of carbonyl (C=O) groups excluding carboxylic acids is 1. The molecule has 0 aliphatic heterocycles. The van der Waals surface area contributed by atoms with Crippen molar-refractivity contribution >= 4 is 17.1 Å². The van der Waals surface area contributed by atoms with Gasteiger partial charge in [-0.25, -0.2) is 4.57 Å². The zero-order chi connectivity index (χ0) is 16.7. The van der Waals surface area contributed by atoms with Gasteiger partial charge in [0.2, 0.25) is 5.88 Å². The van der Waals surface area contributed by atoms with Crippen molar-refractivity contribution in [3.63, 3.8) is 0 Å². The van der Waals surface area contributed by atoms with Gasteiger partial charge in [0.25, 0.3) is 5.56 Å². The van der Waals surface area contributed by atoms with Crippen LogP contribution in [0.2, 0.25) is 0 Å². The molecule has 0 spiro atoms. The molecule has 6 nitrogen and oxygen atoms in total. The molecular formula is C16H11N3O3S. The number of aryl methyl sites for hydroxylation is 1. The molecule has 3 rings (SSSR count). The van der Waals surface area contributed by atoms with E-state index in [2.05, 4.69) is 0 Å². The van der Waals surface area contributed by atoms with E-state index in [1.54, 1.807) is 6.92 Å². The number of ketones is 1. The number of Topliss-reactive ketones (excluding diaryl/α,β-unsaturated/α-hetero) is 1. The number of hydrogen-bond acceptors (Lipinski definition) is 6. The van der Waals surface area contributed by atoms with Crippen molar-refractivity contribution < 1.29 is 9.90 Å². The quantitative estimate of drug-likeness (QED) is 0.864. The maximum atomic E-state index is 12.3. The molecule has 1 aliphatic rings. The molecule has 114 valence electrons. The van der Waals surface area contributed by atoms with Crippen molar-refractivity contribution in [3.8, 4) is 23.0 Å². The Bertz CT molecular complexity index is 986. The molecule has 7 heteroatoms. The Kier molecular flexibility index (Phi) is 3.51. The fourth-order valence-electron chi connectivity index (χ4n) is 2.78. The minimum Gasteiger partial charge on any atom is -0.493 e. The largest absolute Gasteiger partial charge is 0.493 e. The third kappa shape index (κ3) is 2.14. The Hall–Kier alpha value is -2.90. The van der Waals surface area contributed by atoms with Crippen molar-refractivity contribution in [1.29, 1.82) is 10.5 Å². The zero-order valence-electron chi connectivity index (χ0n) is 12.2. The number of nitrogens with zero attached hydrogens (tertiary/aromatic N) is 3. The molecule has 0 atom stereocenters. The Morgan fingerprint density at radius 1 is 1.22 bits per heavy atom. The SMILES string of the molecule is Cc1cc(=O)n(-c2sc3c(c2C#N)CCCC3=O)c(O)c1C#N. The topological polar surface area (TPSA) is 107 Å².